The van der Waals surface area contributed by atoms with Gasteiger partial charge in [0.05, 0.1) is 11.1 Å². The molecule has 0 spiro atoms. The Labute approximate surface area is 181 Å². The molecule has 0 radical (unpaired) electrons. The number of hydrogen-bond acceptors (Lipinski definition) is 5. The average Bonchev–Trinajstić information content (AvgIpc) is 2.76. The summed E-state index contributed by atoms with van der Waals surface area (Å²) in [6.45, 7) is 3.97. The Balaban J connectivity index is 1.97. The van der Waals surface area contributed by atoms with Crippen LogP contribution in [0.1, 0.15) is 40.1 Å². The van der Waals surface area contributed by atoms with E-state index in [1.165, 1.54) is 17.0 Å². The molecule has 0 aromatic heterocycles. The first-order chi connectivity index (χ1) is 14.8. The Morgan fingerprint density at radius 3 is 2.19 bits per heavy atom. The van der Waals surface area contributed by atoms with Gasteiger partial charge in [-0.05, 0) is 23.6 Å². The van der Waals surface area contributed by atoms with E-state index in [4.69, 9.17) is 4.74 Å². The van der Waals surface area contributed by atoms with Crippen LogP contribution in [0.2, 0.25) is 0 Å². The minimum atomic E-state index is -0.824. The fourth-order valence-corrected chi connectivity index (χ4v) is 2.69. The number of imide groups is 1. The van der Waals surface area contributed by atoms with Crippen LogP contribution in [0.4, 0.5) is 4.79 Å². The molecule has 0 aliphatic carbocycles. The zero-order chi connectivity index (χ0) is 22.8. The normalized spacial score (nSPS) is 10.3. The summed E-state index contributed by atoms with van der Waals surface area (Å²) in [4.78, 5) is 50.3. The van der Waals surface area contributed by atoms with Crippen LogP contribution in [0.5, 0.6) is 0 Å². The highest BCUT2D eigenvalue weighted by atomic mass is 16.5. The largest absolute Gasteiger partial charge is 0.452 e. The molecular formula is C23H27N3O5. The van der Waals surface area contributed by atoms with Crippen molar-refractivity contribution in [2.75, 3.05) is 20.2 Å². The number of hydrogen-bond donors (Lipinski definition) is 2. The van der Waals surface area contributed by atoms with Gasteiger partial charge in [0.25, 0.3) is 11.8 Å². The molecular weight excluding hydrogens is 398 g/mol. The van der Waals surface area contributed by atoms with Gasteiger partial charge >= 0.3 is 12.0 Å². The summed E-state index contributed by atoms with van der Waals surface area (Å²) in [6, 6.07) is 15.0. The molecule has 0 saturated heterocycles. The van der Waals surface area contributed by atoms with Crippen molar-refractivity contribution in [3.63, 3.8) is 0 Å². The van der Waals surface area contributed by atoms with Gasteiger partial charge in [0.1, 0.15) is 0 Å². The molecule has 8 heteroatoms. The number of amides is 4. The third-order valence-electron chi connectivity index (χ3n) is 4.24. The number of nitrogens with one attached hydrogen (secondary N) is 2. The van der Waals surface area contributed by atoms with E-state index in [-0.39, 0.29) is 23.0 Å². The second-order valence-corrected chi connectivity index (χ2v) is 7.42. The summed E-state index contributed by atoms with van der Waals surface area (Å²) in [5, 5.41) is 4.61. The molecule has 0 bridgehead atoms. The smallest absolute Gasteiger partial charge is 0.339 e. The first kappa shape index (κ1) is 23.6. The fourth-order valence-electron chi connectivity index (χ4n) is 2.69. The Morgan fingerprint density at radius 1 is 0.935 bits per heavy atom. The van der Waals surface area contributed by atoms with Gasteiger partial charge in [0.15, 0.2) is 6.61 Å². The van der Waals surface area contributed by atoms with Gasteiger partial charge < -0.3 is 15.0 Å². The first-order valence-corrected chi connectivity index (χ1v) is 9.91. The molecule has 0 aliphatic rings. The number of ether oxygens (including phenoxy) is 1. The number of urea groups is 1. The van der Waals surface area contributed by atoms with Crippen molar-refractivity contribution in [2.45, 2.75) is 20.4 Å². The summed E-state index contributed by atoms with van der Waals surface area (Å²) < 4.78 is 5.00. The van der Waals surface area contributed by atoms with Gasteiger partial charge in [-0.3, -0.25) is 14.9 Å². The van der Waals surface area contributed by atoms with E-state index in [1.807, 2.05) is 44.2 Å². The van der Waals surface area contributed by atoms with Crippen molar-refractivity contribution in [1.82, 2.24) is 15.5 Å². The van der Waals surface area contributed by atoms with Crippen LogP contribution < -0.4 is 10.6 Å². The quantitative estimate of drug-likeness (QED) is 0.633. The number of carbonyl (C=O) groups excluding carboxylic acids is 4. The fraction of sp³-hybridized carbons (Fsp3) is 0.304. The van der Waals surface area contributed by atoms with Crippen molar-refractivity contribution < 1.29 is 23.9 Å². The number of nitrogens with zero attached hydrogens (tertiary/aromatic N) is 1. The standard InChI is InChI=1S/C23H27N3O5/c1-16(2)13-24-23(30)25-20(27)15-31-22(29)19-12-8-7-11-18(19)21(28)26(3)14-17-9-5-4-6-10-17/h4-12,16H,13-15H2,1-3H3,(H2,24,25,27,30). The molecule has 4 amide bonds. The van der Waals surface area contributed by atoms with Crippen molar-refractivity contribution in [3.05, 3.63) is 71.3 Å². The van der Waals surface area contributed by atoms with E-state index in [9.17, 15) is 19.2 Å². The summed E-state index contributed by atoms with van der Waals surface area (Å²) in [5.41, 5.74) is 1.16. The molecule has 0 unspecified atom stereocenters. The molecule has 2 aromatic rings. The highest BCUT2D eigenvalue weighted by molar-refractivity contribution is 6.06. The Hall–Kier alpha value is -3.68. The maximum atomic E-state index is 12.9. The van der Waals surface area contributed by atoms with E-state index in [0.717, 1.165) is 5.56 Å². The van der Waals surface area contributed by atoms with Crippen LogP contribution in [0.3, 0.4) is 0 Å². The second kappa shape index (κ2) is 11.5. The molecule has 0 saturated carbocycles. The van der Waals surface area contributed by atoms with Crippen LogP contribution >= 0.6 is 0 Å². The monoisotopic (exact) mass is 425 g/mol. The lowest BCUT2D eigenvalue weighted by molar-refractivity contribution is -0.123. The summed E-state index contributed by atoms with van der Waals surface area (Å²) in [6.07, 6.45) is 0. The SMILES string of the molecule is CC(C)CNC(=O)NC(=O)COC(=O)c1ccccc1C(=O)N(C)Cc1ccccc1. The molecule has 2 N–H and O–H groups in total. The molecule has 0 aliphatic heterocycles. The van der Waals surface area contributed by atoms with Crippen LogP contribution in [0.15, 0.2) is 54.6 Å². The molecule has 164 valence electrons. The van der Waals surface area contributed by atoms with E-state index in [1.54, 1.807) is 19.2 Å². The van der Waals surface area contributed by atoms with E-state index >= 15 is 0 Å². The minimum absolute atomic E-state index is 0.0458. The third-order valence-corrected chi connectivity index (χ3v) is 4.24. The third kappa shape index (κ3) is 7.58. The van der Waals surface area contributed by atoms with Crippen LogP contribution in [0, 0.1) is 5.92 Å². The highest BCUT2D eigenvalue weighted by Gasteiger charge is 2.21. The maximum Gasteiger partial charge on any atom is 0.339 e. The van der Waals surface area contributed by atoms with Crippen molar-refractivity contribution in [2.24, 2.45) is 5.92 Å². The highest BCUT2D eigenvalue weighted by Crippen LogP contribution is 2.14. The summed E-state index contributed by atoms with van der Waals surface area (Å²) in [7, 11) is 1.64. The predicted molar refractivity (Wildman–Crippen MR) is 115 cm³/mol. The van der Waals surface area contributed by atoms with E-state index in [2.05, 4.69) is 10.6 Å². The van der Waals surface area contributed by atoms with Crippen LogP contribution in [-0.4, -0.2) is 48.9 Å². The van der Waals surface area contributed by atoms with Crippen LogP contribution in [-0.2, 0) is 16.1 Å². The second-order valence-electron chi connectivity index (χ2n) is 7.42. The average molecular weight is 425 g/mol. The van der Waals surface area contributed by atoms with Gasteiger partial charge in [-0.1, -0.05) is 56.3 Å². The summed E-state index contributed by atoms with van der Waals surface area (Å²) in [5.74, 6) is -1.71. The molecule has 0 atom stereocenters. The zero-order valence-electron chi connectivity index (χ0n) is 17.9. The Bertz CT molecular complexity index is 928. The lowest BCUT2D eigenvalue weighted by atomic mass is 10.1. The Morgan fingerprint density at radius 2 is 1.55 bits per heavy atom. The number of benzene rings is 2. The Kier molecular flexibility index (Phi) is 8.75. The van der Waals surface area contributed by atoms with Crippen molar-refractivity contribution >= 4 is 23.8 Å². The van der Waals surface area contributed by atoms with Gasteiger partial charge in [0, 0.05) is 20.1 Å². The van der Waals surface area contributed by atoms with Gasteiger partial charge in [-0.25, -0.2) is 9.59 Å². The number of rotatable bonds is 8. The summed E-state index contributed by atoms with van der Waals surface area (Å²) >= 11 is 0. The first-order valence-electron chi connectivity index (χ1n) is 9.91. The molecule has 31 heavy (non-hydrogen) atoms. The number of carbonyl (C=O) groups is 4. The van der Waals surface area contributed by atoms with Gasteiger partial charge in [-0.2, -0.15) is 0 Å². The zero-order valence-corrected chi connectivity index (χ0v) is 17.9. The van der Waals surface area contributed by atoms with Crippen LogP contribution in [0.25, 0.3) is 0 Å². The number of esters is 1. The molecule has 2 aromatic carbocycles. The van der Waals surface area contributed by atoms with Gasteiger partial charge in [0.2, 0.25) is 0 Å². The lowest BCUT2D eigenvalue weighted by Crippen LogP contribution is -2.42. The van der Waals surface area contributed by atoms with Crippen molar-refractivity contribution in [3.8, 4) is 0 Å². The van der Waals surface area contributed by atoms with E-state index in [0.29, 0.717) is 13.1 Å². The lowest BCUT2D eigenvalue weighted by Gasteiger charge is -2.19. The predicted octanol–water partition coefficient (Wildman–Crippen LogP) is 2.60. The molecule has 2 rings (SSSR count). The molecule has 0 heterocycles. The molecule has 8 nitrogen and oxygen atoms in total. The maximum absolute atomic E-state index is 12.9. The van der Waals surface area contributed by atoms with E-state index < -0.39 is 24.5 Å². The molecule has 0 fully saturated rings. The minimum Gasteiger partial charge on any atom is -0.452 e. The topological polar surface area (TPSA) is 105 Å². The van der Waals surface area contributed by atoms with Gasteiger partial charge in [-0.15, -0.1) is 0 Å². The van der Waals surface area contributed by atoms with Crippen molar-refractivity contribution in [1.29, 1.82) is 0 Å².